The van der Waals surface area contributed by atoms with Crippen molar-refractivity contribution in [2.24, 2.45) is 5.73 Å². The molecule has 1 heterocycles. The fourth-order valence-corrected chi connectivity index (χ4v) is 2.40. The van der Waals surface area contributed by atoms with Crippen LogP contribution in [0.3, 0.4) is 0 Å². The Morgan fingerprint density at radius 1 is 1.35 bits per heavy atom. The molecule has 4 nitrogen and oxygen atoms in total. The molecule has 0 aromatic heterocycles. The Kier molecular flexibility index (Phi) is 3.54. The maximum Gasteiger partial charge on any atom is 0.270 e. The fraction of sp³-hybridized carbons (Fsp3) is 0.562. The van der Waals surface area contributed by atoms with Gasteiger partial charge >= 0.3 is 0 Å². The molecule has 1 aliphatic rings. The number of rotatable bonds is 3. The summed E-state index contributed by atoms with van der Waals surface area (Å²) in [7, 11) is 0. The van der Waals surface area contributed by atoms with Crippen LogP contribution in [0.4, 0.5) is 5.69 Å². The number of hydrogen-bond donors (Lipinski definition) is 1. The van der Waals surface area contributed by atoms with E-state index in [0.29, 0.717) is 6.54 Å². The molecule has 1 aliphatic heterocycles. The van der Waals surface area contributed by atoms with Crippen LogP contribution >= 0.6 is 0 Å². The highest BCUT2D eigenvalue weighted by Crippen LogP contribution is 2.38. The smallest absolute Gasteiger partial charge is 0.270 e. The van der Waals surface area contributed by atoms with Crippen LogP contribution in [-0.2, 0) is 11.2 Å². The minimum absolute atomic E-state index is 0.0446. The standard InChI is InChI=1S/C16H24N2O2/c1-6-11-7-8-13-12(9-11)18(10-15(2,3)17)14(19)16(4,5)20-13/h7-9H,6,10,17H2,1-5H3. The third-order valence-corrected chi connectivity index (χ3v) is 3.41. The number of ether oxygens (including phenoxy) is 1. The molecule has 0 radical (unpaired) electrons. The lowest BCUT2D eigenvalue weighted by Gasteiger charge is -2.41. The van der Waals surface area contributed by atoms with Crippen molar-refractivity contribution in [3.8, 4) is 5.75 Å². The SMILES string of the molecule is CCc1ccc2c(c1)N(CC(C)(C)N)C(=O)C(C)(C)O2. The molecule has 0 atom stereocenters. The Morgan fingerprint density at radius 2 is 2.00 bits per heavy atom. The normalized spacial score (nSPS) is 17.7. The van der Waals surface area contributed by atoms with Crippen molar-refractivity contribution in [1.82, 2.24) is 0 Å². The maximum absolute atomic E-state index is 12.6. The van der Waals surface area contributed by atoms with E-state index in [2.05, 4.69) is 6.92 Å². The largest absolute Gasteiger partial charge is 0.476 e. The number of benzene rings is 1. The summed E-state index contributed by atoms with van der Waals surface area (Å²) in [4.78, 5) is 14.4. The van der Waals surface area contributed by atoms with Crippen molar-refractivity contribution >= 4 is 11.6 Å². The molecular formula is C16H24N2O2. The molecule has 1 aromatic carbocycles. The quantitative estimate of drug-likeness (QED) is 0.922. The lowest BCUT2D eigenvalue weighted by Crippen LogP contribution is -2.57. The van der Waals surface area contributed by atoms with Gasteiger partial charge in [-0.3, -0.25) is 4.79 Å². The zero-order chi connectivity index (χ0) is 15.1. The number of carbonyl (C=O) groups is 1. The Bertz CT molecular complexity index is 530. The lowest BCUT2D eigenvalue weighted by atomic mass is 9.99. The van der Waals surface area contributed by atoms with Gasteiger partial charge in [0.25, 0.3) is 5.91 Å². The minimum atomic E-state index is -0.855. The van der Waals surface area contributed by atoms with Gasteiger partial charge in [-0.25, -0.2) is 0 Å². The highest BCUT2D eigenvalue weighted by molar-refractivity contribution is 6.02. The Labute approximate surface area is 120 Å². The monoisotopic (exact) mass is 276 g/mol. The van der Waals surface area contributed by atoms with Crippen LogP contribution in [0.5, 0.6) is 5.75 Å². The number of carbonyl (C=O) groups excluding carboxylic acids is 1. The van der Waals surface area contributed by atoms with E-state index in [4.69, 9.17) is 10.5 Å². The molecule has 0 unspecified atom stereocenters. The lowest BCUT2D eigenvalue weighted by molar-refractivity contribution is -0.132. The first-order valence-electron chi connectivity index (χ1n) is 7.07. The van der Waals surface area contributed by atoms with Gasteiger partial charge in [-0.2, -0.15) is 0 Å². The van der Waals surface area contributed by atoms with Crippen LogP contribution in [-0.4, -0.2) is 23.6 Å². The predicted molar refractivity (Wildman–Crippen MR) is 81.1 cm³/mol. The predicted octanol–water partition coefficient (Wildman–Crippen LogP) is 2.49. The third-order valence-electron chi connectivity index (χ3n) is 3.41. The van der Waals surface area contributed by atoms with Gasteiger partial charge in [-0.15, -0.1) is 0 Å². The number of hydrogen-bond acceptors (Lipinski definition) is 3. The first-order valence-corrected chi connectivity index (χ1v) is 7.07. The number of anilines is 1. The average Bonchev–Trinajstić information content (AvgIpc) is 2.33. The van der Waals surface area contributed by atoms with Crippen LogP contribution in [0.1, 0.15) is 40.2 Å². The van der Waals surface area contributed by atoms with Crippen molar-refractivity contribution < 1.29 is 9.53 Å². The highest BCUT2D eigenvalue weighted by Gasteiger charge is 2.42. The summed E-state index contributed by atoms with van der Waals surface area (Å²) in [6, 6.07) is 6.00. The second-order valence-electron chi connectivity index (χ2n) is 6.65. The molecular weight excluding hydrogens is 252 g/mol. The zero-order valence-electron chi connectivity index (χ0n) is 13.0. The number of fused-ring (bicyclic) bond motifs is 1. The van der Waals surface area contributed by atoms with Crippen LogP contribution < -0.4 is 15.4 Å². The van der Waals surface area contributed by atoms with Crippen LogP contribution in [0, 0.1) is 0 Å². The zero-order valence-corrected chi connectivity index (χ0v) is 13.0. The van der Waals surface area contributed by atoms with Gasteiger partial charge in [0, 0.05) is 12.1 Å². The van der Waals surface area contributed by atoms with E-state index >= 15 is 0 Å². The summed E-state index contributed by atoms with van der Waals surface area (Å²) < 4.78 is 5.84. The fourth-order valence-electron chi connectivity index (χ4n) is 2.40. The second kappa shape index (κ2) is 4.77. The maximum atomic E-state index is 12.6. The summed E-state index contributed by atoms with van der Waals surface area (Å²) in [6.07, 6.45) is 0.921. The molecule has 0 spiro atoms. The van der Waals surface area contributed by atoms with Gasteiger partial charge in [0.15, 0.2) is 5.60 Å². The first-order chi connectivity index (χ1) is 9.14. The van der Waals surface area contributed by atoms with Crippen molar-refractivity contribution in [2.75, 3.05) is 11.4 Å². The van der Waals surface area contributed by atoms with E-state index in [-0.39, 0.29) is 5.91 Å². The summed E-state index contributed by atoms with van der Waals surface area (Å²) in [5.41, 5.74) is 6.81. The van der Waals surface area contributed by atoms with Gasteiger partial charge in [0.1, 0.15) is 5.75 Å². The summed E-state index contributed by atoms with van der Waals surface area (Å²) in [5, 5.41) is 0. The Balaban J connectivity index is 2.51. The molecule has 1 aromatic rings. The molecule has 2 N–H and O–H groups in total. The molecule has 110 valence electrons. The summed E-state index contributed by atoms with van der Waals surface area (Å²) >= 11 is 0. The van der Waals surface area contributed by atoms with Crippen LogP contribution in [0.2, 0.25) is 0 Å². The van der Waals surface area contributed by atoms with Crippen LogP contribution in [0.15, 0.2) is 18.2 Å². The van der Waals surface area contributed by atoms with Gasteiger partial charge in [0.2, 0.25) is 0 Å². The van der Waals surface area contributed by atoms with Gasteiger partial charge in [0.05, 0.1) is 5.69 Å². The number of amides is 1. The molecule has 4 heteroatoms. The molecule has 20 heavy (non-hydrogen) atoms. The minimum Gasteiger partial charge on any atom is -0.476 e. The van der Waals surface area contributed by atoms with E-state index < -0.39 is 11.1 Å². The van der Waals surface area contributed by atoms with Crippen LogP contribution in [0.25, 0.3) is 0 Å². The van der Waals surface area contributed by atoms with E-state index in [9.17, 15) is 4.79 Å². The summed E-state index contributed by atoms with van der Waals surface area (Å²) in [6.45, 7) is 10.00. The Morgan fingerprint density at radius 3 is 2.55 bits per heavy atom. The number of nitrogens with zero attached hydrogens (tertiary/aromatic N) is 1. The van der Waals surface area contributed by atoms with Crippen molar-refractivity contribution in [2.45, 2.75) is 52.2 Å². The molecule has 0 fully saturated rings. The highest BCUT2D eigenvalue weighted by atomic mass is 16.5. The number of nitrogens with two attached hydrogens (primary N) is 1. The van der Waals surface area contributed by atoms with Crippen molar-refractivity contribution in [3.63, 3.8) is 0 Å². The van der Waals surface area contributed by atoms with E-state index in [0.717, 1.165) is 17.9 Å². The average molecular weight is 276 g/mol. The topological polar surface area (TPSA) is 55.6 Å². The van der Waals surface area contributed by atoms with E-state index in [1.165, 1.54) is 5.56 Å². The molecule has 0 saturated carbocycles. The molecule has 0 bridgehead atoms. The van der Waals surface area contributed by atoms with Gasteiger partial charge in [-0.05, 0) is 51.8 Å². The summed E-state index contributed by atoms with van der Waals surface area (Å²) in [5.74, 6) is 0.702. The van der Waals surface area contributed by atoms with Gasteiger partial charge in [-0.1, -0.05) is 13.0 Å². The van der Waals surface area contributed by atoms with Gasteiger partial charge < -0.3 is 15.4 Å². The first kappa shape index (κ1) is 14.9. The second-order valence-corrected chi connectivity index (χ2v) is 6.65. The molecule has 0 saturated heterocycles. The van der Waals surface area contributed by atoms with E-state index in [1.807, 2.05) is 32.0 Å². The Hall–Kier alpha value is -1.55. The van der Waals surface area contributed by atoms with E-state index in [1.54, 1.807) is 18.7 Å². The molecule has 0 aliphatic carbocycles. The molecule has 1 amide bonds. The van der Waals surface area contributed by atoms with Crippen molar-refractivity contribution in [3.05, 3.63) is 23.8 Å². The van der Waals surface area contributed by atoms with Crippen molar-refractivity contribution in [1.29, 1.82) is 0 Å². The molecule has 2 rings (SSSR count). The third kappa shape index (κ3) is 2.80. The number of aryl methyl sites for hydroxylation is 1.